The van der Waals surface area contributed by atoms with Gasteiger partial charge in [0.15, 0.2) is 5.03 Å². The van der Waals surface area contributed by atoms with Gasteiger partial charge in [-0.05, 0) is 0 Å². The first kappa shape index (κ1) is 11.6. The predicted octanol–water partition coefficient (Wildman–Crippen LogP) is 0.115. The predicted molar refractivity (Wildman–Crippen MR) is 43.4 cm³/mol. The normalized spacial score (nSPS) is 12.0. The summed E-state index contributed by atoms with van der Waals surface area (Å²) in [5, 5.41) is 10.8. The van der Waals surface area contributed by atoms with E-state index in [1.165, 1.54) is 0 Å². The maximum atomic E-state index is 12.1. The van der Waals surface area contributed by atoms with Crippen LogP contribution in [-0.2, 0) is 16.9 Å². The summed E-state index contributed by atoms with van der Waals surface area (Å²) in [5.41, 5.74) is -0.478. The lowest BCUT2D eigenvalue weighted by Crippen LogP contribution is -2.12. The summed E-state index contributed by atoms with van der Waals surface area (Å²) in [6, 6.07) is 0.587. The molecule has 0 bridgehead atoms. The van der Waals surface area contributed by atoms with Crippen LogP contribution in [0.4, 0.5) is 8.78 Å². The summed E-state index contributed by atoms with van der Waals surface area (Å²) in [5.74, 6) is -5.06. The number of alkyl halides is 2. The Kier molecular flexibility index (Phi) is 2.75. The Morgan fingerprint density at radius 3 is 2.47 bits per heavy atom. The van der Waals surface area contributed by atoms with Crippen molar-refractivity contribution in [3.8, 4) is 0 Å². The second kappa shape index (κ2) is 3.57. The number of carboxylic acids is 1. The van der Waals surface area contributed by atoms with Gasteiger partial charge in [0, 0.05) is 13.1 Å². The van der Waals surface area contributed by atoms with Gasteiger partial charge < -0.3 is 5.11 Å². The summed E-state index contributed by atoms with van der Waals surface area (Å²) in [4.78, 5) is 10.5. The molecule has 1 rings (SSSR count). The Labute approximate surface area is 83.0 Å². The number of carboxylic acid groups (broad SMARTS) is 1. The molecule has 0 aliphatic rings. The van der Waals surface area contributed by atoms with Gasteiger partial charge in [-0.1, -0.05) is 0 Å². The number of hydrogen-bond donors (Lipinski definition) is 1. The molecule has 0 atom stereocenters. The average Bonchev–Trinajstić information content (AvgIpc) is 2.47. The zero-order valence-electron chi connectivity index (χ0n) is 7.39. The summed E-state index contributed by atoms with van der Waals surface area (Å²) in [6.07, 6.45) is 0. The molecule has 0 spiro atoms. The van der Waals surface area contributed by atoms with Crippen LogP contribution < -0.4 is 0 Å². The van der Waals surface area contributed by atoms with Gasteiger partial charge in [-0.3, -0.25) is 4.68 Å². The number of halogens is 2. The molecule has 0 amide bonds. The van der Waals surface area contributed by atoms with Crippen molar-refractivity contribution in [3.05, 3.63) is 11.8 Å². The topological polar surface area (TPSA) is 89.3 Å². The quantitative estimate of drug-likeness (QED) is 0.810. The molecule has 1 aromatic rings. The lowest BCUT2D eigenvalue weighted by Gasteiger charge is -1.96. The van der Waals surface area contributed by atoms with Crippen LogP contribution in [0.1, 0.15) is 10.5 Å². The van der Waals surface area contributed by atoms with E-state index < -0.39 is 32.3 Å². The van der Waals surface area contributed by atoms with E-state index in [2.05, 4.69) is 5.10 Å². The molecule has 0 aliphatic heterocycles. The molecule has 0 aromatic carbocycles. The smallest absolute Gasteiger partial charge is 0.354 e. The number of hydrogen-bond acceptors (Lipinski definition) is 4. The van der Waals surface area contributed by atoms with Crippen molar-refractivity contribution in [2.75, 3.05) is 0 Å². The zero-order valence-corrected chi connectivity index (χ0v) is 8.20. The van der Waals surface area contributed by atoms with Gasteiger partial charge >= 0.3 is 11.7 Å². The van der Waals surface area contributed by atoms with Crippen molar-refractivity contribution < 1.29 is 27.1 Å². The molecule has 0 aliphatic carbocycles. The van der Waals surface area contributed by atoms with Gasteiger partial charge in [0.2, 0.25) is 0 Å². The molecule has 15 heavy (non-hydrogen) atoms. The Bertz CT molecular complexity index is 493. The lowest BCUT2D eigenvalue weighted by molar-refractivity contribution is 0.0685. The minimum Gasteiger partial charge on any atom is -0.477 e. The highest BCUT2D eigenvalue weighted by Gasteiger charge is 2.30. The first-order chi connectivity index (χ1) is 6.76. The van der Waals surface area contributed by atoms with Crippen molar-refractivity contribution >= 4 is 15.8 Å². The number of aryl methyl sites for hydroxylation is 1. The highest BCUT2D eigenvalue weighted by Crippen LogP contribution is 2.17. The molecule has 0 saturated heterocycles. The van der Waals surface area contributed by atoms with E-state index in [0.29, 0.717) is 10.7 Å². The van der Waals surface area contributed by atoms with E-state index in [4.69, 9.17) is 5.11 Å². The molecule has 84 valence electrons. The number of carbonyl (C=O) groups is 1. The van der Waals surface area contributed by atoms with E-state index in [9.17, 15) is 22.0 Å². The van der Waals surface area contributed by atoms with Crippen LogP contribution in [-0.4, -0.2) is 35.0 Å². The molecule has 9 heteroatoms. The molecule has 6 nitrogen and oxygen atoms in total. The van der Waals surface area contributed by atoms with Crippen LogP contribution in [0.2, 0.25) is 0 Å². The largest absolute Gasteiger partial charge is 0.477 e. The highest BCUT2D eigenvalue weighted by atomic mass is 32.2. The summed E-state index contributed by atoms with van der Waals surface area (Å²) in [7, 11) is -3.69. The van der Waals surface area contributed by atoms with Crippen molar-refractivity contribution in [1.82, 2.24) is 9.78 Å². The summed E-state index contributed by atoms with van der Waals surface area (Å²) >= 11 is 0. The Morgan fingerprint density at radius 1 is 1.60 bits per heavy atom. The van der Waals surface area contributed by atoms with Crippen LogP contribution >= 0.6 is 0 Å². The molecule has 1 heterocycles. The van der Waals surface area contributed by atoms with Gasteiger partial charge in [0.05, 0.1) is 0 Å². The SMILES string of the molecule is Cn1nc(S(=O)(=O)C(F)F)cc1C(=O)O. The van der Waals surface area contributed by atoms with Crippen LogP contribution in [0, 0.1) is 0 Å². The molecule has 0 fully saturated rings. The summed E-state index contributed by atoms with van der Waals surface area (Å²) < 4.78 is 46.6. The number of aromatic carboxylic acids is 1. The second-order valence-corrected chi connectivity index (χ2v) is 4.47. The van der Waals surface area contributed by atoms with E-state index in [-0.39, 0.29) is 0 Å². The van der Waals surface area contributed by atoms with Crippen LogP contribution in [0.25, 0.3) is 0 Å². The third-order valence-electron chi connectivity index (χ3n) is 1.60. The highest BCUT2D eigenvalue weighted by molar-refractivity contribution is 7.91. The van der Waals surface area contributed by atoms with Gasteiger partial charge in [0.1, 0.15) is 5.69 Å². The third kappa shape index (κ3) is 1.96. The standard InChI is InChI=1S/C6H6F2N2O4S/c1-10-3(5(11)12)2-4(9-10)15(13,14)6(7)8/h2,6H,1H3,(H,11,12). The average molecular weight is 240 g/mol. The van der Waals surface area contributed by atoms with Crippen LogP contribution in [0.5, 0.6) is 0 Å². The molecule has 1 aromatic heterocycles. The van der Waals surface area contributed by atoms with Crippen LogP contribution in [0.15, 0.2) is 11.1 Å². The maximum Gasteiger partial charge on any atom is 0.354 e. The van der Waals surface area contributed by atoms with Gasteiger partial charge in [-0.2, -0.15) is 13.9 Å². The van der Waals surface area contributed by atoms with Crippen molar-refractivity contribution in [2.24, 2.45) is 7.05 Å². The zero-order chi connectivity index (χ0) is 11.8. The second-order valence-electron chi connectivity index (χ2n) is 2.60. The number of aromatic nitrogens is 2. The van der Waals surface area contributed by atoms with Crippen molar-refractivity contribution in [3.63, 3.8) is 0 Å². The Balaban J connectivity index is 3.31. The Morgan fingerprint density at radius 2 is 2.13 bits per heavy atom. The third-order valence-corrected chi connectivity index (χ3v) is 2.85. The van der Waals surface area contributed by atoms with Crippen LogP contribution in [0.3, 0.4) is 0 Å². The first-order valence-electron chi connectivity index (χ1n) is 3.56. The van der Waals surface area contributed by atoms with E-state index in [0.717, 1.165) is 7.05 Å². The van der Waals surface area contributed by atoms with Gasteiger partial charge in [-0.15, -0.1) is 0 Å². The fourth-order valence-corrected chi connectivity index (χ4v) is 1.57. The van der Waals surface area contributed by atoms with E-state index >= 15 is 0 Å². The summed E-state index contributed by atoms with van der Waals surface area (Å²) in [6.45, 7) is 0. The Hall–Kier alpha value is -1.51. The molecule has 0 saturated carbocycles. The fraction of sp³-hybridized carbons (Fsp3) is 0.333. The van der Waals surface area contributed by atoms with Crippen molar-refractivity contribution in [1.29, 1.82) is 0 Å². The maximum absolute atomic E-state index is 12.1. The van der Waals surface area contributed by atoms with Gasteiger partial charge in [-0.25, -0.2) is 13.2 Å². The lowest BCUT2D eigenvalue weighted by atomic mass is 10.4. The molecule has 0 unspecified atom stereocenters. The number of sulfone groups is 1. The van der Waals surface area contributed by atoms with E-state index in [1.807, 2.05) is 0 Å². The fourth-order valence-electron chi connectivity index (χ4n) is 0.871. The molecule has 1 N–H and O–H groups in total. The van der Waals surface area contributed by atoms with E-state index in [1.54, 1.807) is 0 Å². The molecule has 0 radical (unpaired) electrons. The van der Waals surface area contributed by atoms with Gasteiger partial charge in [0.25, 0.3) is 9.84 Å². The number of rotatable bonds is 3. The molecular weight excluding hydrogens is 234 g/mol. The van der Waals surface area contributed by atoms with Crippen molar-refractivity contribution in [2.45, 2.75) is 10.8 Å². The minimum absolute atomic E-state index is 0.478. The monoisotopic (exact) mass is 240 g/mol. The number of nitrogens with zero attached hydrogens (tertiary/aromatic N) is 2. The minimum atomic E-state index is -4.84. The first-order valence-corrected chi connectivity index (χ1v) is 5.11. The molecular formula is C6H6F2N2O4S.